The summed E-state index contributed by atoms with van der Waals surface area (Å²) in [4.78, 5) is 20.4. The summed E-state index contributed by atoms with van der Waals surface area (Å²) in [5.74, 6) is 0. The number of carbonyl (C=O) groups excluding carboxylic acids is 1. The van der Waals surface area contributed by atoms with E-state index in [2.05, 4.69) is 15.9 Å². The van der Waals surface area contributed by atoms with Gasteiger partial charge in [0.15, 0.2) is 0 Å². The minimum absolute atomic E-state index is 0.264. The second-order valence-corrected chi connectivity index (χ2v) is 4.08. The summed E-state index contributed by atoms with van der Waals surface area (Å²) in [6.45, 7) is 0. The van der Waals surface area contributed by atoms with Gasteiger partial charge in [-0.3, -0.25) is 14.9 Å². The highest BCUT2D eigenvalue weighted by atomic mass is 79.9. The monoisotopic (exact) mass is 331 g/mol. The molecule has 92 valence electrons. The molecule has 0 aliphatic carbocycles. The second kappa shape index (κ2) is 4.61. The fraction of sp³-hybridized carbons (Fsp3) is 0.125. The van der Waals surface area contributed by atoms with Crippen LogP contribution in [0.3, 0.4) is 0 Å². The van der Waals surface area contributed by atoms with Gasteiger partial charge in [-0.1, -0.05) is 0 Å². The Bertz CT molecular complexity index is 504. The quantitative estimate of drug-likeness (QED) is 0.471. The van der Waals surface area contributed by atoms with E-state index in [0.29, 0.717) is 6.07 Å². The molecular weight excluding hydrogens is 330 g/mol. The maximum atomic E-state index is 12.4. The highest BCUT2D eigenvalue weighted by Crippen LogP contribution is 2.37. The lowest BCUT2D eigenvalue weighted by Crippen LogP contribution is -2.08. The molecule has 1 aromatic carbocycles. The molecule has 0 aromatic heterocycles. The predicted octanol–water partition coefficient (Wildman–Crippen LogP) is 3.76. The van der Waals surface area contributed by atoms with Gasteiger partial charge in [0, 0.05) is 10.5 Å². The van der Waals surface area contributed by atoms with E-state index in [9.17, 15) is 28.1 Å². The molecule has 0 atom stereocenters. The van der Waals surface area contributed by atoms with Crippen molar-refractivity contribution in [2.75, 3.05) is 0 Å². The van der Waals surface area contributed by atoms with E-state index in [0.717, 1.165) is 0 Å². The Morgan fingerprint density at radius 2 is 1.94 bits per heavy atom. The highest BCUT2D eigenvalue weighted by molar-refractivity contribution is 9.10. The second-order valence-electron chi connectivity index (χ2n) is 2.88. The minimum atomic E-state index is -4.75. The first-order valence-corrected chi connectivity index (χ1v) is 5.06. The Labute approximate surface area is 106 Å². The molecule has 0 radical (unpaired) electrons. The van der Waals surface area contributed by atoms with Gasteiger partial charge in [0.25, 0.3) is 10.9 Å². The Balaban J connectivity index is 3.58. The molecule has 1 aromatic rings. The topological polar surface area (TPSA) is 60.2 Å². The molecule has 17 heavy (non-hydrogen) atoms. The number of rotatable bonds is 2. The van der Waals surface area contributed by atoms with Gasteiger partial charge in [-0.05, 0) is 33.6 Å². The van der Waals surface area contributed by atoms with E-state index in [1.165, 1.54) is 0 Å². The molecule has 0 aliphatic rings. The Kier molecular flexibility index (Phi) is 3.78. The summed E-state index contributed by atoms with van der Waals surface area (Å²) < 4.78 is 36.8. The van der Waals surface area contributed by atoms with E-state index in [1.807, 2.05) is 0 Å². The van der Waals surface area contributed by atoms with Crippen LogP contribution in [0.5, 0.6) is 0 Å². The lowest BCUT2D eigenvalue weighted by Gasteiger charge is -2.08. The summed E-state index contributed by atoms with van der Waals surface area (Å²) in [6, 6.07) is 0.822. The van der Waals surface area contributed by atoms with E-state index in [4.69, 9.17) is 11.6 Å². The summed E-state index contributed by atoms with van der Waals surface area (Å²) >= 11 is 7.72. The van der Waals surface area contributed by atoms with Gasteiger partial charge in [0.1, 0.15) is 5.56 Å². The summed E-state index contributed by atoms with van der Waals surface area (Å²) in [7, 11) is 0. The molecule has 0 fully saturated rings. The molecular formula is C8H2BrClF3NO3. The van der Waals surface area contributed by atoms with Gasteiger partial charge < -0.3 is 0 Å². The number of halogens is 5. The zero-order chi connectivity index (χ0) is 13.4. The van der Waals surface area contributed by atoms with Crippen molar-refractivity contribution in [2.45, 2.75) is 6.18 Å². The molecule has 0 N–H and O–H groups in total. The zero-order valence-corrected chi connectivity index (χ0v) is 10.1. The van der Waals surface area contributed by atoms with Gasteiger partial charge in [0.05, 0.1) is 10.5 Å². The van der Waals surface area contributed by atoms with Crippen LogP contribution in [0.25, 0.3) is 0 Å². The van der Waals surface area contributed by atoms with E-state index < -0.39 is 33.2 Å². The third kappa shape index (κ3) is 2.95. The molecule has 1 rings (SSSR count). The third-order valence-corrected chi connectivity index (χ3v) is 2.60. The van der Waals surface area contributed by atoms with E-state index >= 15 is 0 Å². The van der Waals surface area contributed by atoms with Crippen molar-refractivity contribution >= 4 is 38.5 Å². The van der Waals surface area contributed by atoms with Crippen molar-refractivity contribution in [1.29, 1.82) is 0 Å². The third-order valence-electron chi connectivity index (χ3n) is 1.79. The Morgan fingerprint density at radius 3 is 2.29 bits per heavy atom. The number of nitro groups is 1. The largest absolute Gasteiger partial charge is 0.416 e. The standard InChI is InChI=1S/C8H2BrClF3NO3/c9-4-1-3(8(11,12)13)2-5(14(16)17)6(4)7(10)15/h1-2H. The molecule has 0 aliphatic heterocycles. The van der Waals surface area contributed by atoms with Gasteiger partial charge >= 0.3 is 6.18 Å². The minimum Gasteiger partial charge on any atom is -0.275 e. The van der Waals surface area contributed by atoms with Crippen LogP contribution in [0.2, 0.25) is 0 Å². The smallest absolute Gasteiger partial charge is 0.275 e. The SMILES string of the molecule is O=C(Cl)c1c(Br)cc(C(F)(F)F)cc1[N+](=O)[O-]. The lowest BCUT2D eigenvalue weighted by molar-refractivity contribution is -0.385. The van der Waals surface area contributed by atoms with Crippen LogP contribution in [0, 0.1) is 10.1 Å². The van der Waals surface area contributed by atoms with Crippen molar-refractivity contribution < 1.29 is 22.9 Å². The van der Waals surface area contributed by atoms with Crippen LogP contribution in [-0.4, -0.2) is 10.2 Å². The molecule has 0 amide bonds. The Morgan fingerprint density at radius 1 is 1.41 bits per heavy atom. The first kappa shape index (κ1) is 13.9. The number of hydrogen-bond donors (Lipinski definition) is 0. The summed E-state index contributed by atoms with van der Waals surface area (Å²) in [6.07, 6.45) is -4.75. The number of carbonyl (C=O) groups is 1. The van der Waals surface area contributed by atoms with Crippen LogP contribution >= 0.6 is 27.5 Å². The van der Waals surface area contributed by atoms with E-state index in [-0.39, 0.29) is 10.5 Å². The fourth-order valence-electron chi connectivity index (χ4n) is 1.09. The highest BCUT2D eigenvalue weighted by Gasteiger charge is 2.35. The van der Waals surface area contributed by atoms with Gasteiger partial charge in [0.2, 0.25) is 0 Å². The molecule has 0 heterocycles. The first-order valence-electron chi connectivity index (χ1n) is 3.89. The molecule has 0 spiro atoms. The normalized spacial score (nSPS) is 11.4. The lowest BCUT2D eigenvalue weighted by atomic mass is 10.1. The molecule has 4 nitrogen and oxygen atoms in total. The van der Waals surface area contributed by atoms with Crippen molar-refractivity contribution in [2.24, 2.45) is 0 Å². The molecule has 0 unspecified atom stereocenters. The molecule has 9 heteroatoms. The number of hydrogen-bond acceptors (Lipinski definition) is 3. The first-order chi connectivity index (χ1) is 7.64. The van der Waals surface area contributed by atoms with Crippen LogP contribution < -0.4 is 0 Å². The van der Waals surface area contributed by atoms with Crippen LogP contribution in [0.15, 0.2) is 16.6 Å². The zero-order valence-electron chi connectivity index (χ0n) is 7.72. The van der Waals surface area contributed by atoms with Crippen molar-refractivity contribution in [1.82, 2.24) is 0 Å². The summed E-state index contributed by atoms with van der Waals surface area (Å²) in [5, 5.41) is 9.35. The van der Waals surface area contributed by atoms with Crippen LogP contribution in [0.1, 0.15) is 15.9 Å². The molecule has 0 bridgehead atoms. The maximum Gasteiger partial charge on any atom is 0.416 e. The van der Waals surface area contributed by atoms with E-state index in [1.54, 1.807) is 0 Å². The number of nitrogens with zero attached hydrogens (tertiary/aromatic N) is 1. The van der Waals surface area contributed by atoms with Crippen molar-refractivity contribution in [3.8, 4) is 0 Å². The van der Waals surface area contributed by atoms with Crippen LogP contribution in [-0.2, 0) is 6.18 Å². The Hall–Kier alpha value is -1.15. The van der Waals surface area contributed by atoms with Crippen LogP contribution in [0.4, 0.5) is 18.9 Å². The molecule has 0 saturated heterocycles. The van der Waals surface area contributed by atoms with Gasteiger partial charge in [-0.15, -0.1) is 0 Å². The van der Waals surface area contributed by atoms with Crippen molar-refractivity contribution in [3.63, 3.8) is 0 Å². The van der Waals surface area contributed by atoms with Gasteiger partial charge in [-0.25, -0.2) is 0 Å². The summed E-state index contributed by atoms with van der Waals surface area (Å²) in [5.41, 5.74) is -2.84. The van der Waals surface area contributed by atoms with Crippen molar-refractivity contribution in [3.05, 3.63) is 37.8 Å². The maximum absolute atomic E-state index is 12.4. The fourth-order valence-corrected chi connectivity index (χ4v) is 2.04. The average molecular weight is 332 g/mol. The van der Waals surface area contributed by atoms with Gasteiger partial charge in [-0.2, -0.15) is 13.2 Å². The number of nitro benzene ring substituents is 1. The predicted molar refractivity (Wildman–Crippen MR) is 56.0 cm³/mol. The number of benzene rings is 1. The molecule has 0 saturated carbocycles. The number of alkyl halides is 3. The average Bonchev–Trinajstić information content (AvgIpc) is 2.13.